The van der Waals surface area contributed by atoms with Crippen molar-refractivity contribution >= 4 is 22.8 Å². The van der Waals surface area contributed by atoms with Crippen molar-refractivity contribution in [3.8, 4) is 17.1 Å². The summed E-state index contributed by atoms with van der Waals surface area (Å²) in [7, 11) is 0. The highest BCUT2D eigenvalue weighted by Crippen LogP contribution is 2.37. The number of hydrogen-bond donors (Lipinski definition) is 2. The minimum atomic E-state index is -4.91. The third-order valence-corrected chi connectivity index (χ3v) is 5.50. The number of nitrogens with two attached hydrogens (primary N) is 1. The van der Waals surface area contributed by atoms with E-state index < -0.39 is 34.6 Å². The second-order valence-corrected chi connectivity index (χ2v) is 7.91. The number of fused-ring (bicyclic) bond motifs is 1. The van der Waals surface area contributed by atoms with Gasteiger partial charge < -0.3 is 11.1 Å². The van der Waals surface area contributed by atoms with E-state index in [2.05, 4.69) is 25.4 Å². The highest BCUT2D eigenvalue weighted by molar-refractivity contribution is 6.08. The normalized spacial score (nSPS) is 11.6. The van der Waals surface area contributed by atoms with E-state index in [9.17, 15) is 22.4 Å². The number of hydrogen-bond acceptors (Lipinski definition) is 6. The fourth-order valence-corrected chi connectivity index (χ4v) is 3.77. The number of anilines is 1. The zero-order valence-electron chi connectivity index (χ0n) is 18.9. The molecule has 0 aliphatic rings. The fourth-order valence-electron chi connectivity index (χ4n) is 3.77. The average molecular weight is 507 g/mol. The molecule has 0 fully saturated rings. The van der Waals surface area contributed by atoms with Crippen molar-refractivity contribution in [3.05, 3.63) is 95.7 Å². The predicted octanol–water partition coefficient (Wildman–Crippen LogP) is 4.75. The average Bonchev–Trinajstić information content (AvgIpc) is 3.26. The number of rotatable bonds is 5. The molecule has 0 atom stereocenters. The summed E-state index contributed by atoms with van der Waals surface area (Å²) in [5.41, 5.74) is 5.19. The SMILES string of the molecule is NCc1cnc2c(NC(=O)c3cc(-c4ncccn4)c(C(F)(F)F)cc3F)n(-c3ccccc3)nc2c1. The zero-order chi connectivity index (χ0) is 26.2. The Morgan fingerprint density at radius 2 is 1.73 bits per heavy atom. The fraction of sp³-hybridized carbons (Fsp3) is 0.0800. The molecule has 0 aliphatic heterocycles. The molecule has 3 heterocycles. The Kier molecular flexibility index (Phi) is 6.09. The van der Waals surface area contributed by atoms with Crippen molar-refractivity contribution in [2.75, 3.05) is 5.32 Å². The lowest BCUT2D eigenvalue weighted by Gasteiger charge is -2.15. The summed E-state index contributed by atoms with van der Waals surface area (Å²) in [6, 6.07) is 12.9. The van der Waals surface area contributed by atoms with Crippen LogP contribution in [0.5, 0.6) is 0 Å². The molecule has 8 nitrogen and oxygen atoms in total. The topological polar surface area (TPSA) is 112 Å². The van der Waals surface area contributed by atoms with E-state index >= 15 is 0 Å². The highest BCUT2D eigenvalue weighted by Gasteiger charge is 2.36. The molecule has 2 aromatic carbocycles. The molecule has 0 saturated carbocycles. The van der Waals surface area contributed by atoms with Crippen LogP contribution < -0.4 is 11.1 Å². The van der Waals surface area contributed by atoms with Crippen LogP contribution >= 0.6 is 0 Å². The van der Waals surface area contributed by atoms with Gasteiger partial charge in [-0.15, -0.1) is 0 Å². The quantitative estimate of drug-likeness (QED) is 0.332. The molecule has 186 valence electrons. The van der Waals surface area contributed by atoms with E-state index in [1.165, 1.54) is 29.3 Å². The first-order valence-corrected chi connectivity index (χ1v) is 10.9. The standard InChI is InChI=1S/C25H17F4N7O/c26-19-11-18(25(27,28)29)16(22-31-7-4-8-32-22)10-17(19)24(37)34-23-21-20(9-14(12-30)13-33-21)35-36(23)15-5-2-1-3-6-15/h1-11,13H,12,30H2,(H,34,37). The molecule has 1 amide bonds. The Morgan fingerprint density at radius 3 is 2.41 bits per heavy atom. The van der Waals surface area contributed by atoms with Gasteiger partial charge in [0.15, 0.2) is 11.6 Å². The van der Waals surface area contributed by atoms with E-state index in [-0.39, 0.29) is 29.8 Å². The van der Waals surface area contributed by atoms with Crippen molar-refractivity contribution in [3.63, 3.8) is 0 Å². The number of alkyl halides is 3. The molecule has 0 saturated heterocycles. The smallest absolute Gasteiger partial charge is 0.326 e. The monoisotopic (exact) mass is 507 g/mol. The van der Waals surface area contributed by atoms with E-state index in [4.69, 9.17) is 5.73 Å². The summed E-state index contributed by atoms with van der Waals surface area (Å²) in [5.74, 6) is -2.57. The summed E-state index contributed by atoms with van der Waals surface area (Å²) >= 11 is 0. The second-order valence-electron chi connectivity index (χ2n) is 7.91. The predicted molar refractivity (Wildman–Crippen MR) is 127 cm³/mol. The van der Waals surface area contributed by atoms with Crippen LogP contribution in [0.2, 0.25) is 0 Å². The summed E-state index contributed by atoms with van der Waals surface area (Å²) in [5, 5.41) is 7.06. The molecule has 12 heteroatoms. The summed E-state index contributed by atoms with van der Waals surface area (Å²) in [6.07, 6.45) is -0.898. The maximum absolute atomic E-state index is 14.9. The Bertz CT molecular complexity index is 1600. The number of aromatic nitrogens is 5. The number of halogens is 4. The lowest BCUT2D eigenvalue weighted by molar-refractivity contribution is -0.137. The largest absolute Gasteiger partial charge is 0.417 e. The number of pyridine rings is 1. The molecule has 5 aromatic rings. The Morgan fingerprint density at radius 1 is 1.00 bits per heavy atom. The third-order valence-electron chi connectivity index (χ3n) is 5.50. The van der Waals surface area contributed by atoms with Crippen molar-refractivity contribution in [1.29, 1.82) is 0 Å². The molecule has 0 bridgehead atoms. The molecule has 3 N–H and O–H groups in total. The van der Waals surface area contributed by atoms with E-state index in [0.29, 0.717) is 16.8 Å². The number of benzene rings is 2. The molecule has 0 aliphatic carbocycles. The van der Waals surface area contributed by atoms with Crippen LogP contribution in [-0.2, 0) is 12.7 Å². The van der Waals surface area contributed by atoms with Gasteiger partial charge in [0, 0.05) is 30.7 Å². The number of amides is 1. The van der Waals surface area contributed by atoms with Crippen molar-refractivity contribution < 1.29 is 22.4 Å². The van der Waals surface area contributed by atoms with E-state index in [1.54, 1.807) is 36.4 Å². The molecule has 5 rings (SSSR count). The number of nitrogens with one attached hydrogen (secondary N) is 1. The van der Waals surface area contributed by atoms with Crippen LogP contribution in [0.4, 0.5) is 23.4 Å². The van der Waals surface area contributed by atoms with Gasteiger partial charge >= 0.3 is 6.18 Å². The van der Waals surface area contributed by atoms with Crippen molar-refractivity contribution in [1.82, 2.24) is 24.7 Å². The van der Waals surface area contributed by atoms with Gasteiger partial charge in [0.1, 0.15) is 16.9 Å². The van der Waals surface area contributed by atoms with Gasteiger partial charge in [0.2, 0.25) is 0 Å². The lowest BCUT2D eigenvalue weighted by atomic mass is 10.0. The number of carbonyl (C=O) groups excluding carboxylic acids is 1. The van der Waals surface area contributed by atoms with E-state index in [0.717, 1.165) is 6.07 Å². The third kappa shape index (κ3) is 4.61. The van der Waals surface area contributed by atoms with Crippen LogP contribution in [-0.4, -0.2) is 30.6 Å². The Labute approximate surface area is 206 Å². The second kappa shape index (κ2) is 9.39. The Hall–Kier alpha value is -4.71. The highest BCUT2D eigenvalue weighted by atomic mass is 19.4. The van der Waals surface area contributed by atoms with Crippen molar-refractivity contribution in [2.24, 2.45) is 5.73 Å². The maximum Gasteiger partial charge on any atom is 0.417 e. The van der Waals surface area contributed by atoms with Crippen LogP contribution in [0.25, 0.3) is 28.1 Å². The molecule has 0 radical (unpaired) electrons. The van der Waals surface area contributed by atoms with Gasteiger partial charge in [-0.2, -0.15) is 18.3 Å². The molecular weight excluding hydrogens is 490 g/mol. The first-order chi connectivity index (χ1) is 17.8. The number of para-hydroxylation sites is 1. The minimum absolute atomic E-state index is 0.103. The molecular formula is C25H17F4N7O. The van der Waals surface area contributed by atoms with Gasteiger partial charge in [-0.3, -0.25) is 9.78 Å². The molecule has 37 heavy (non-hydrogen) atoms. The number of nitrogens with zero attached hydrogens (tertiary/aromatic N) is 5. The van der Waals surface area contributed by atoms with Crippen LogP contribution in [0.1, 0.15) is 21.5 Å². The molecule has 0 unspecified atom stereocenters. The summed E-state index contributed by atoms with van der Waals surface area (Å²) in [6.45, 7) is 0.212. The van der Waals surface area contributed by atoms with Crippen LogP contribution in [0.3, 0.4) is 0 Å². The Balaban J connectivity index is 1.63. The molecule has 0 spiro atoms. The first-order valence-electron chi connectivity index (χ1n) is 10.9. The van der Waals surface area contributed by atoms with Gasteiger partial charge in [0.25, 0.3) is 5.91 Å². The molecule has 3 aromatic heterocycles. The van der Waals surface area contributed by atoms with Gasteiger partial charge in [-0.25, -0.2) is 19.0 Å². The van der Waals surface area contributed by atoms with Crippen LogP contribution in [0, 0.1) is 5.82 Å². The number of carbonyl (C=O) groups is 1. The van der Waals surface area contributed by atoms with Gasteiger partial charge in [0.05, 0.1) is 16.8 Å². The van der Waals surface area contributed by atoms with E-state index in [1.807, 2.05) is 0 Å². The minimum Gasteiger partial charge on any atom is -0.326 e. The lowest BCUT2D eigenvalue weighted by Crippen LogP contribution is -2.19. The van der Waals surface area contributed by atoms with Gasteiger partial charge in [-0.1, -0.05) is 18.2 Å². The van der Waals surface area contributed by atoms with Crippen LogP contribution in [0.15, 0.2) is 73.2 Å². The zero-order valence-corrected chi connectivity index (χ0v) is 18.9. The maximum atomic E-state index is 14.9. The summed E-state index contributed by atoms with van der Waals surface area (Å²) < 4.78 is 57.4. The van der Waals surface area contributed by atoms with Gasteiger partial charge in [-0.05, 0) is 42.0 Å². The summed E-state index contributed by atoms with van der Waals surface area (Å²) in [4.78, 5) is 25.3. The first kappa shape index (κ1) is 24.0. The van der Waals surface area contributed by atoms with Crippen molar-refractivity contribution in [2.45, 2.75) is 12.7 Å².